The van der Waals surface area contributed by atoms with Crippen molar-refractivity contribution in [1.29, 1.82) is 0 Å². The number of carbonyl (C=O) groups is 5. The highest BCUT2D eigenvalue weighted by atomic mass is 16.6. The van der Waals surface area contributed by atoms with Crippen LogP contribution >= 0.6 is 0 Å². The minimum atomic E-state index is -0.893. The Kier molecular flexibility index (Phi) is 27.7. The molecule has 0 aromatic carbocycles. The van der Waals surface area contributed by atoms with Crippen LogP contribution in [0.2, 0.25) is 0 Å². The van der Waals surface area contributed by atoms with E-state index in [0.29, 0.717) is 38.2 Å². The second-order valence-electron chi connectivity index (χ2n) is 12.7. The maximum atomic E-state index is 12.6. The van der Waals surface area contributed by atoms with Gasteiger partial charge in [0.15, 0.2) is 0 Å². The Balaban J connectivity index is 5.55. The van der Waals surface area contributed by atoms with Crippen LogP contribution in [0, 0.1) is 5.92 Å². The monoisotopic (exact) mass is 684 g/mol. The molecule has 0 aromatic heterocycles. The van der Waals surface area contributed by atoms with E-state index in [4.69, 9.17) is 23.7 Å². The Bertz CT molecular complexity index is 889. The van der Waals surface area contributed by atoms with Gasteiger partial charge >= 0.3 is 29.8 Å². The average Bonchev–Trinajstić information content (AvgIpc) is 3.09. The second kappa shape index (κ2) is 29.3. The maximum Gasteiger partial charge on any atom is 0.305 e. The van der Waals surface area contributed by atoms with Crippen LogP contribution in [-0.4, -0.2) is 60.9 Å². The molecule has 48 heavy (non-hydrogen) atoms. The normalized spacial score (nSPS) is 14.2. The average molecular weight is 685 g/mol. The van der Waals surface area contributed by atoms with E-state index in [1.165, 1.54) is 0 Å². The highest BCUT2D eigenvalue weighted by Crippen LogP contribution is 2.26. The van der Waals surface area contributed by atoms with Gasteiger partial charge in [0, 0.05) is 38.5 Å². The molecule has 0 saturated heterocycles. The molecule has 0 aliphatic carbocycles. The van der Waals surface area contributed by atoms with Gasteiger partial charge in [-0.05, 0) is 44.4 Å². The Labute approximate surface area is 291 Å². The van der Waals surface area contributed by atoms with Crippen LogP contribution in [0.4, 0.5) is 0 Å². The van der Waals surface area contributed by atoms with Gasteiger partial charge in [0.2, 0.25) is 0 Å². The number of rotatable bonds is 30. The van der Waals surface area contributed by atoms with Crippen molar-refractivity contribution in [2.45, 2.75) is 201 Å². The summed E-state index contributed by atoms with van der Waals surface area (Å²) >= 11 is 0. The minimum absolute atomic E-state index is 0.0341. The quantitative estimate of drug-likeness (QED) is 0.0411. The molecular weight excluding hydrogens is 616 g/mol. The molecule has 0 heterocycles. The van der Waals surface area contributed by atoms with Gasteiger partial charge in [-0.25, -0.2) is 0 Å². The number of esters is 5. The molecule has 0 saturated carbocycles. The van der Waals surface area contributed by atoms with Crippen molar-refractivity contribution in [1.82, 2.24) is 0 Å². The molecule has 5 unspecified atom stereocenters. The highest BCUT2D eigenvalue weighted by molar-refractivity contribution is 5.71. The standard InChI is InChI=1S/C38H68O10/c1-8-15-20-24-30(45-34(39)11-4)32(47-36(41)13-6)27-33(48-37(42)14-7)31(46-35(40)12-5)25-21-18-17-19-22-26-38(43)44-28-29(10-3)23-16-9-2/h29-33H,8-28H2,1-7H3. The molecule has 5 atom stereocenters. The van der Waals surface area contributed by atoms with Gasteiger partial charge < -0.3 is 23.7 Å². The molecular formula is C38H68O10. The summed E-state index contributed by atoms with van der Waals surface area (Å²) in [6, 6.07) is 0. The van der Waals surface area contributed by atoms with Gasteiger partial charge in [0.05, 0.1) is 6.61 Å². The van der Waals surface area contributed by atoms with Crippen LogP contribution in [0.1, 0.15) is 177 Å². The summed E-state index contributed by atoms with van der Waals surface area (Å²) in [5.74, 6) is -1.47. The summed E-state index contributed by atoms with van der Waals surface area (Å²) in [4.78, 5) is 62.3. The van der Waals surface area contributed by atoms with E-state index in [9.17, 15) is 24.0 Å². The first-order valence-electron chi connectivity index (χ1n) is 19.0. The molecule has 0 rings (SSSR count). The lowest BCUT2D eigenvalue weighted by molar-refractivity contribution is -0.181. The van der Waals surface area contributed by atoms with Crippen LogP contribution < -0.4 is 0 Å². The fourth-order valence-electron chi connectivity index (χ4n) is 5.35. The summed E-state index contributed by atoms with van der Waals surface area (Å²) in [6.07, 6.45) is 9.75. The number of unbranched alkanes of at least 4 members (excludes halogenated alkanes) is 7. The van der Waals surface area contributed by atoms with E-state index in [1.54, 1.807) is 27.7 Å². The fraction of sp³-hybridized carbons (Fsp3) is 0.868. The zero-order valence-electron chi connectivity index (χ0n) is 31.3. The van der Waals surface area contributed by atoms with Gasteiger partial charge in [-0.1, -0.05) is 99.8 Å². The molecule has 0 aliphatic rings. The Morgan fingerprint density at radius 1 is 0.438 bits per heavy atom. The number of hydrogen-bond donors (Lipinski definition) is 0. The van der Waals surface area contributed by atoms with Gasteiger partial charge in [0.1, 0.15) is 24.4 Å². The van der Waals surface area contributed by atoms with Crippen molar-refractivity contribution in [3.05, 3.63) is 0 Å². The lowest BCUT2D eigenvalue weighted by atomic mass is 9.95. The van der Waals surface area contributed by atoms with Crippen molar-refractivity contribution in [3.8, 4) is 0 Å². The SMILES string of the molecule is CCCCCC(OC(=O)CC)C(CC(OC(=O)CC)C(CCCCCCCC(=O)OCC(CC)CCCC)OC(=O)CC)OC(=O)CC. The van der Waals surface area contributed by atoms with Crippen molar-refractivity contribution in [3.63, 3.8) is 0 Å². The van der Waals surface area contributed by atoms with Crippen molar-refractivity contribution < 1.29 is 47.7 Å². The van der Waals surface area contributed by atoms with E-state index in [0.717, 1.165) is 70.6 Å². The third-order valence-electron chi connectivity index (χ3n) is 8.56. The number of hydrogen-bond acceptors (Lipinski definition) is 10. The summed E-state index contributed by atoms with van der Waals surface area (Å²) in [6.45, 7) is 13.6. The smallest absolute Gasteiger partial charge is 0.305 e. The number of ether oxygens (including phenoxy) is 5. The summed E-state index contributed by atoms with van der Waals surface area (Å²) in [5, 5.41) is 0. The molecule has 280 valence electrons. The lowest BCUT2D eigenvalue weighted by Crippen LogP contribution is -2.43. The molecule has 10 heteroatoms. The predicted molar refractivity (Wildman–Crippen MR) is 186 cm³/mol. The van der Waals surface area contributed by atoms with Crippen LogP contribution in [-0.2, 0) is 47.7 Å². The van der Waals surface area contributed by atoms with Crippen LogP contribution in [0.25, 0.3) is 0 Å². The third kappa shape index (κ3) is 22.1. The molecule has 0 aromatic rings. The number of carbonyl (C=O) groups excluding carboxylic acids is 5. The third-order valence-corrected chi connectivity index (χ3v) is 8.56. The minimum Gasteiger partial charge on any atom is -0.465 e. The van der Waals surface area contributed by atoms with Crippen LogP contribution in [0.5, 0.6) is 0 Å². The van der Waals surface area contributed by atoms with Gasteiger partial charge in [-0.2, -0.15) is 0 Å². The zero-order chi connectivity index (χ0) is 36.2. The highest BCUT2D eigenvalue weighted by Gasteiger charge is 2.36. The molecule has 0 bridgehead atoms. The van der Waals surface area contributed by atoms with Crippen molar-refractivity contribution >= 4 is 29.8 Å². The molecule has 0 N–H and O–H groups in total. The molecule has 0 spiro atoms. The van der Waals surface area contributed by atoms with Gasteiger partial charge in [-0.3, -0.25) is 24.0 Å². The largest absolute Gasteiger partial charge is 0.465 e. The topological polar surface area (TPSA) is 132 Å². The predicted octanol–water partition coefficient (Wildman–Crippen LogP) is 8.73. The first-order valence-corrected chi connectivity index (χ1v) is 19.0. The molecule has 0 fully saturated rings. The second-order valence-corrected chi connectivity index (χ2v) is 12.7. The zero-order valence-corrected chi connectivity index (χ0v) is 31.3. The fourth-order valence-corrected chi connectivity index (χ4v) is 5.35. The van der Waals surface area contributed by atoms with E-state index in [2.05, 4.69) is 20.8 Å². The summed E-state index contributed by atoms with van der Waals surface area (Å²) in [5.41, 5.74) is 0. The lowest BCUT2D eigenvalue weighted by Gasteiger charge is -2.33. The Hall–Kier alpha value is -2.65. The molecule has 0 aliphatic heterocycles. The Morgan fingerprint density at radius 2 is 0.854 bits per heavy atom. The molecule has 0 radical (unpaired) electrons. The van der Waals surface area contributed by atoms with Crippen molar-refractivity contribution in [2.75, 3.05) is 6.61 Å². The van der Waals surface area contributed by atoms with E-state index in [-0.39, 0.29) is 38.1 Å². The van der Waals surface area contributed by atoms with Crippen LogP contribution in [0.3, 0.4) is 0 Å². The Morgan fingerprint density at radius 3 is 1.29 bits per heavy atom. The maximum absolute atomic E-state index is 12.6. The molecule has 0 amide bonds. The van der Waals surface area contributed by atoms with Gasteiger partial charge in [0.25, 0.3) is 0 Å². The van der Waals surface area contributed by atoms with Crippen LogP contribution in [0.15, 0.2) is 0 Å². The van der Waals surface area contributed by atoms with Crippen molar-refractivity contribution in [2.24, 2.45) is 5.92 Å². The summed E-state index contributed by atoms with van der Waals surface area (Å²) < 4.78 is 28.8. The van der Waals surface area contributed by atoms with E-state index < -0.39 is 48.3 Å². The first kappa shape index (κ1) is 45.3. The van der Waals surface area contributed by atoms with E-state index in [1.807, 2.05) is 0 Å². The molecule has 10 nitrogen and oxygen atoms in total. The first-order chi connectivity index (χ1) is 23.1. The van der Waals surface area contributed by atoms with E-state index >= 15 is 0 Å². The van der Waals surface area contributed by atoms with Gasteiger partial charge in [-0.15, -0.1) is 0 Å². The summed E-state index contributed by atoms with van der Waals surface area (Å²) in [7, 11) is 0.